The Bertz CT molecular complexity index is 459. The van der Waals surface area contributed by atoms with Gasteiger partial charge in [0, 0.05) is 6.04 Å². The quantitative estimate of drug-likeness (QED) is 0.437. The fourth-order valence-corrected chi connectivity index (χ4v) is 2.88. The van der Waals surface area contributed by atoms with E-state index in [2.05, 4.69) is 17.6 Å². The van der Waals surface area contributed by atoms with Crippen molar-refractivity contribution in [2.75, 3.05) is 27.2 Å². The Kier molecular flexibility index (Phi) is 9.96. The Balaban J connectivity index is 2.75. The van der Waals surface area contributed by atoms with Crippen LogP contribution in [0.2, 0.25) is 0 Å². The van der Waals surface area contributed by atoms with Gasteiger partial charge in [0.15, 0.2) is 0 Å². The Morgan fingerprint density at radius 2 is 1.84 bits per heavy atom. The van der Waals surface area contributed by atoms with E-state index >= 15 is 0 Å². The molecular weight excluding hydrogens is 320 g/mol. The van der Waals surface area contributed by atoms with Gasteiger partial charge >= 0.3 is 18.1 Å². The van der Waals surface area contributed by atoms with Crippen LogP contribution in [0.1, 0.15) is 65.2 Å². The van der Waals surface area contributed by atoms with Crippen LogP contribution < -0.4 is 10.6 Å². The molecule has 0 aromatic carbocycles. The highest BCUT2D eigenvalue weighted by molar-refractivity contribution is 6.00. The molecule has 2 N–H and O–H groups in total. The van der Waals surface area contributed by atoms with Crippen LogP contribution in [0.3, 0.4) is 0 Å². The van der Waals surface area contributed by atoms with Crippen molar-refractivity contribution < 1.29 is 18.9 Å². The molecule has 7 heteroatoms. The molecule has 0 saturated heterocycles. The predicted molar refractivity (Wildman–Crippen MR) is 98.9 cm³/mol. The maximum atomic E-state index is 12.4. The van der Waals surface area contributed by atoms with Gasteiger partial charge in [0.1, 0.15) is 0 Å². The second kappa shape index (κ2) is 11.7. The summed E-state index contributed by atoms with van der Waals surface area (Å²) in [4.78, 5) is 25.9. The van der Waals surface area contributed by atoms with Gasteiger partial charge in [-0.3, -0.25) is 4.58 Å². The number of nitrogens with one attached hydrogen (secondary N) is 2. The number of amides is 3. The maximum Gasteiger partial charge on any atom is 0.478 e. The standard InChI is InChI=1S/C18H34N4O3/c1-5-7-13-21(3)17(22(4)18(24)25-14-6-2)20-16(23)19-15-11-9-8-10-12-15/h15H,5-14H2,1-4H3,(H,19,23)/p+1. The molecule has 0 bridgehead atoms. The third kappa shape index (κ3) is 7.75. The summed E-state index contributed by atoms with van der Waals surface area (Å²) in [5.41, 5.74) is 0. The summed E-state index contributed by atoms with van der Waals surface area (Å²) < 4.78 is 7.07. The minimum absolute atomic E-state index is 0.216. The van der Waals surface area contributed by atoms with Gasteiger partial charge in [-0.25, -0.2) is 9.59 Å². The number of rotatable bonds is 6. The van der Waals surface area contributed by atoms with Crippen LogP contribution >= 0.6 is 0 Å². The first kappa shape index (κ1) is 21.3. The van der Waals surface area contributed by atoms with Gasteiger partial charge in [0.05, 0.1) is 27.2 Å². The first-order valence-corrected chi connectivity index (χ1v) is 9.55. The topological polar surface area (TPSA) is 73.7 Å². The molecular formula is C18H35N4O3+. The summed E-state index contributed by atoms with van der Waals surface area (Å²) in [5, 5.41) is 5.87. The zero-order chi connectivity index (χ0) is 18.7. The average molecular weight is 356 g/mol. The molecule has 7 nitrogen and oxygen atoms in total. The van der Waals surface area contributed by atoms with Gasteiger partial charge in [0.25, 0.3) is 0 Å². The van der Waals surface area contributed by atoms with E-state index < -0.39 is 6.09 Å². The molecule has 0 aromatic rings. The van der Waals surface area contributed by atoms with Crippen molar-refractivity contribution in [3.8, 4) is 0 Å². The summed E-state index contributed by atoms with van der Waals surface area (Å²) in [6, 6.07) is -0.0475. The van der Waals surface area contributed by atoms with Crippen LogP contribution in [-0.2, 0) is 4.74 Å². The first-order valence-electron chi connectivity index (χ1n) is 9.55. The lowest BCUT2D eigenvalue weighted by Gasteiger charge is -2.23. The third-order valence-electron chi connectivity index (χ3n) is 4.40. The molecule has 1 aliphatic rings. The maximum absolute atomic E-state index is 12.4. The van der Waals surface area contributed by atoms with Gasteiger partial charge in [0.2, 0.25) is 0 Å². The molecule has 1 saturated carbocycles. The van der Waals surface area contributed by atoms with Crippen molar-refractivity contribution in [2.45, 2.75) is 71.3 Å². The molecule has 1 rings (SSSR count). The number of carbonyl (C=O) groups is 2. The predicted octanol–water partition coefficient (Wildman–Crippen LogP) is 2.90. The molecule has 3 amide bonds. The number of ether oxygens (including phenoxy) is 1. The number of hydrogen-bond donors (Lipinski definition) is 2. The van der Waals surface area contributed by atoms with Gasteiger partial charge in [-0.15, -0.1) is 0 Å². The molecule has 0 spiro atoms. The first-order chi connectivity index (χ1) is 12.0. The zero-order valence-corrected chi connectivity index (χ0v) is 16.3. The van der Waals surface area contributed by atoms with E-state index in [1.807, 2.05) is 18.5 Å². The van der Waals surface area contributed by atoms with E-state index in [1.54, 1.807) is 7.05 Å². The monoisotopic (exact) mass is 355 g/mol. The molecule has 144 valence electrons. The smallest absolute Gasteiger partial charge is 0.437 e. The highest BCUT2D eigenvalue weighted by atomic mass is 16.6. The van der Waals surface area contributed by atoms with Crippen molar-refractivity contribution in [3.05, 3.63) is 0 Å². The molecule has 25 heavy (non-hydrogen) atoms. The second-order valence-corrected chi connectivity index (χ2v) is 6.71. The molecule has 1 aliphatic carbocycles. The van der Waals surface area contributed by atoms with E-state index in [9.17, 15) is 9.59 Å². The van der Waals surface area contributed by atoms with Crippen molar-refractivity contribution in [2.24, 2.45) is 0 Å². The van der Waals surface area contributed by atoms with Crippen LogP contribution in [0, 0.1) is 0 Å². The number of urea groups is 1. The van der Waals surface area contributed by atoms with E-state index in [0.29, 0.717) is 12.6 Å². The summed E-state index contributed by atoms with van der Waals surface area (Å²) >= 11 is 0. The SMILES string of the molecule is CCCC[N+](C)=C(NC(=O)NC1CCCCC1)N(C)C(=O)OCCC. The second-order valence-electron chi connectivity index (χ2n) is 6.71. The fraction of sp³-hybridized carbons (Fsp3) is 0.833. The minimum atomic E-state index is -0.460. The lowest BCUT2D eigenvalue weighted by atomic mass is 9.96. The Morgan fingerprint density at radius 3 is 2.44 bits per heavy atom. The largest absolute Gasteiger partial charge is 0.478 e. The van der Waals surface area contributed by atoms with Crippen molar-refractivity contribution in [3.63, 3.8) is 0 Å². The van der Waals surface area contributed by atoms with Gasteiger partial charge in [-0.05, 0) is 25.7 Å². The van der Waals surface area contributed by atoms with E-state index in [-0.39, 0.29) is 12.1 Å². The average Bonchev–Trinajstić information content (AvgIpc) is 2.62. The lowest BCUT2D eigenvalue weighted by Crippen LogP contribution is -2.54. The molecule has 1 fully saturated rings. The Hall–Kier alpha value is -1.79. The highest BCUT2D eigenvalue weighted by Crippen LogP contribution is 2.17. The molecule has 0 aliphatic heterocycles. The van der Waals surface area contributed by atoms with Crippen LogP contribution in [0.15, 0.2) is 0 Å². The van der Waals surface area contributed by atoms with Crippen LogP contribution in [0.4, 0.5) is 9.59 Å². The van der Waals surface area contributed by atoms with Gasteiger partial charge < -0.3 is 10.1 Å². The minimum Gasteiger partial charge on any atom is -0.437 e. The van der Waals surface area contributed by atoms with Crippen LogP contribution in [0.25, 0.3) is 0 Å². The molecule has 0 atom stereocenters. The summed E-state index contributed by atoms with van der Waals surface area (Å²) in [6.07, 6.45) is 7.89. The molecule has 0 unspecified atom stereocenters. The normalized spacial score (nSPS) is 16.0. The number of hydrogen-bond acceptors (Lipinski definition) is 3. The molecule has 0 radical (unpaired) electrons. The van der Waals surface area contributed by atoms with Crippen LogP contribution in [-0.4, -0.2) is 60.8 Å². The highest BCUT2D eigenvalue weighted by Gasteiger charge is 2.29. The third-order valence-corrected chi connectivity index (χ3v) is 4.40. The summed E-state index contributed by atoms with van der Waals surface area (Å²) in [7, 11) is 3.49. The number of nitrogens with zero attached hydrogens (tertiary/aromatic N) is 2. The number of unbranched alkanes of at least 4 members (excludes halogenated alkanes) is 1. The van der Waals surface area contributed by atoms with Crippen molar-refractivity contribution >= 4 is 18.1 Å². The van der Waals surface area contributed by atoms with E-state index in [4.69, 9.17) is 4.74 Å². The number of carbonyl (C=O) groups excluding carboxylic acids is 2. The lowest BCUT2D eigenvalue weighted by molar-refractivity contribution is -0.504. The van der Waals surface area contributed by atoms with E-state index in [0.717, 1.165) is 51.5 Å². The summed E-state index contributed by atoms with van der Waals surface area (Å²) in [5.74, 6) is 0.447. The molecule has 0 aromatic heterocycles. The van der Waals surface area contributed by atoms with Gasteiger partial charge in [-0.1, -0.05) is 39.5 Å². The molecule has 0 heterocycles. The van der Waals surface area contributed by atoms with Crippen LogP contribution in [0.5, 0.6) is 0 Å². The van der Waals surface area contributed by atoms with E-state index in [1.165, 1.54) is 11.3 Å². The Morgan fingerprint density at radius 1 is 1.16 bits per heavy atom. The zero-order valence-electron chi connectivity index (χ0n) is 16.3. The van der Waals surface area contributed by atoms with Crippen molar-refractivity contribution in [1.82, 2.24) is 15.5 Å². The summed E-state index contributed by atoms with van der Waals surface area (Å²) in [6.45, 7) is 5.17. The van der Waals surface area contributed by atoms with Gasteiger partial charge in [-0.2, -0.15) is 10.2 Å². The number of guanidine groups is 1. The fourth-order valence-electron chi connectivity index (χ4n) is 2.88. The van der Waals surface area contributed by atoms with Crippen molar-refractivity contribution in [1.29, 1.82) is 0 Å². The Labute approximate surface area is 151 Å².